The molecule has 3 aromatic rings. The first-order valence-electron chi connectivity index (χ1n) is 9.59. The Hall–Kier alpha value is -3.24. The lowest BCUT2D eigenvalue weighted by atomic mass is 10.3. The molecule has 11 heteroatoms. The highest BCUT2D eigenvalue weighted by molar-refractivity contribution is 6.88. The van der Waals surface area contributed by atoms with Gasteiger partial charge in [0.15, 0.2) is 11.4 Å². The zero-order chi connectivity index (χ0) is 23.5. The van der Waals surface area contributed by atoms with Gasteiger partial charge in [0.1, 0.15) is 5.75 Å². The van der Waals surface area contributed by atoms with Crippen molar-refractivity contribution in [3.8, 4) is 29.5 Å². The summed E-state index contributed by atoms with van der Waals surface area (Å²) in [4.78, 5) is 20.8. The van der Waals surface area contributed by atoms with Gasteiger partial charge in [0.25, 0.3) is 11.9 Å². The van der Waals surface area contributed by atoms with E-state index >= 15 is 0 Å². The molecule has 0 aliphatic heterocycles. The van der Waals surface area contributed by atoms with Crippen molar-refractivity contribution in [3.63, 3.8) is 0 Å². The number of anilines is 1. The third kappa shape index (κ3) is 5.14. The van der Waals surface area contributed by atoms with Gasteiger partial charge in [-0.25, -0.2) is 0 Å². The second kappa shape index (κ2) is 9.49. The van der Waals surface area contributed by atoms with Gasteiger partial charge in [-0.2, -0.15) is 9.97 Å². The highest BCUT2D eigenvalue weighted by Gasteiger charge is 2.22. The van der Waals surface area contributed by atoms with Crippen LogP contribution in [-0.2, 0) is 0 Å². The number of hydrogen-bond acceptors (Lipinski definition) is 8. The third-order valence-electron chi connectivity index (χ3n) is 4.44. The first kappa shape index (κ1) is 23.4. The molecule has 32 heavy (non-hydrogen) atoms. The molecule has 0 fully saturated rings. The fourth-order valence-electron chi connectivity index (χ4n) is 2.72. The second-order valence-electron chi connectivity index (χ2n) is 7.67. The van der Waals surface area contributed by atoms with Crippen LogP contribution in [-0.4, -0.2) is 45.3 Å². The molecule has 0 atom stereocenters. The standard InChI is InChI=1S/C21H24ClN3O6Si/c1-27-19-17(20(28-2)25-21(24-19)29-3)23-18(26)14-9-10-16(30-14)31-15-11-12(32(4,5)6)7-8-13(15)22/h7-11H,1-6H3,(H,23,26). The van der Waals surface area contributed by atoms with Crippen molar-refractivity contribution in [3.05, 3.63) is 41.1 Å². The number of aromatic nitrogens is 2. The minimum Gasteiger partial charge on any atom is -0.479 e. The van der Waals surface area contributed by atoms with Crippen LogP contribution in [0.4, 0.5) is 5.69 Å². The summed E-state index contributed by atoms with van der Waals surface area (Å²) >= 11 is 6.28. The topological polar surface area (TPSA) is 105 Å². The number of carbonyl (C=O) groups excluding carboxylic acids is 1. The number of nitrogens with zero attached hydrogens (tertiary/aromatic N) is 2. The fraction of sp³-hybridized carbons (Fsp3) is 0.286. The van der Waals surface area contributed by atoms with Gasteiger partial charge in [-0.3, -0.25) is 4.79 Å². The lowest BCUT2D eigenvalue weighted by Crippen LogP contribution is -2.37. The second-order valence-corrected chi connectivity index (χ2v) is 13.2. The van der Waals surface area contributed by atoms with E-state index in [0.717, 1.165) is 0 Å². The third-order valence-corrected chi connectivity index (χ3v) is 6.80. The Morgan fingerprint density at radius 3 is 2.22 bits per heavy atom. The summed E-state index contributed by atoms with van der Waals surface area (Å²) in [5.74, 6) is 0.138. The van der Waals surface area contributed by atoms with Crippen molar-refractivity contribution < 1.29 is 28.2 Å². The molecule has 0 saturated heterocycles. The number of halogens is 1. The van der Waals surface area contributed by atoms with Gasteiger partial charge in [0.2, 0.25) is 11.8 Å². The molecule has 2 heterocycles. The zero-order valence-corrected chi connectivity index (χ0v) is 20.4. The number of nitrogens with one attached hydrogen (secondary N) is 1. The van der Waals surface area contributed by atoms with Crippen molar-refractivity contribution in [2.75, 3.05) is 26.6 Å². The summed E-state index contributed by atoms with van der Waals surface area (Å²) in [6, 6.07) is 8.74. The molecule has 0 aliphatic rings. The van der Waals surface area contributed by atoms with Crippen LogP contribution in [0, 0.1) is 0 Å². The van der Waals surface area contributed by atoms with Crippen molar-refractivity contribution >= 4 is 36.5 Å². The first-order valence-corrected chi connectivity index (χ1v) is 13.5. The fourth-order valence-corrected chi connectivity index (χ4v) is 4.03. The van der Waals surface area contributed by atoms with E-state index in [9.17, 15) is 4.79 Å². The lowest BCUT2D eigenvalue weighted by Gasteiger charge is -2.17. The Kier molecular flexibility index (Phi) is 6.95. The quantitative estimate of drug-likeness (QED) is 0.478. The molecule has 0 radical (unpaired) electrons. The lowest BCUT2D eigenvalue weighted by molar-refractivity contribution is 0.0990. The van der Waals surface area contributed by atoms with Gasteiger partial charge < -0.3 is 28.7 Å². The maximum absolute atomic E-state index is 12.7. The summed E-state index contributed by atoms with van der Waals surface area (Å²) in [6.07, 6.45) is 0. The van der Waals surface area contributed by atoms with Crippen LogP contribution in [0.25, 0.3) is 0 Å². The Morgan fingerprint density at radius 1 is 1.00 bits per heavy atom. The molecule has 0 aliphatic carbocycles. The number of carbonyl (C=O) groups is 1. The number of rotatable bonds is 8. The number of methoxy groups -OCH3 is 3. The van der Waals surface area contributed by atoms with Crippen molar-refractivity contribution in [2.24, 2.45) is 0 Å². The first-order chi connectivity index (χ1) is 15.2. The van der Waals surface area contributed by atoms with Crippen LogP contribution >= 0.6 is 11.6 Å². The summed E-state index contributed by atoms with van der Waals surface area (Å²) in [5.41, 5.74) is 0.130. The molecular weight excluding hydrogens is 454 g/mol. The number of ether oxygens (including phenoxy) is 4. The van der Waals surface area contributed by atoms with Crippen LogP contribution < -0.4 is 29.5 Å². The molecule has 9 nitrogen and oxygen atoms in total. The highest BCUT2D eigenvalue weighted by atomic mass is 35.5. The molecule has 1 aromatic carbocycles. The van der Waals surface area contributed by atoms with E-state index in [4.69, 9.17) is 35.0 Å². The molecule has 170 valence electrons. The smallest absolute Gasteiger partial charge is 0.322 e. The molecule has 3 rings (SSSR count). The predicted octanol–water partition coefficient (Wildman–Crippen LogP) is 4.34. The van der Waals surface area contributed by atoms with Crippen LogP contribution in [0.5, 0.6) is 29.5 Å². The number of hydrogen-bond donors (Lipinski definition) is 1. The summed E-state index contributed by atoms with van der Waals surface area (Å²) in [6.45, 7) is 6.67. The van der Waals surface area contributed by atoms with Crippen molar-refractivity contribution in [2.45, 2.75) is 19.6 Å². The summed E-state index contributed by atoms with van der Waals surface area (Å²) in [5, 5.41) is 4.25. The Balaban J connectivity index is 1.82. The van der Waals surface area contributed by atoms with Crippen LogP contribution in [0.1, 0.15) is 10.6 Å². The van der Waals surface area contributed by atoms with Gasteiger partial charge in [0, 0.05) is 6.07 Å². The number of benzene rings is 1. The molecule has 0 unspecified atom stereocenters. The summed E-state index contributed by atoms with van der Waals surface area (Å²) < 4.78 is 26.8. The SMILES string of the molecule is COc1nc(OC)c(NC(=O)c2ccc(Oc3cc([Si](C)(C)C)ccc3Cl)o2)c(OC)n1. The van der Waals surface area contributed by atoms with Crippen LogP contribution in [0.15, 0.2) is 34.7 Å². The van der Waals surface area contributed by atoms with E-state index in [1.165, 1.54) is 38.6 Å². The van der Waals surface area contributed by atoms with Crippen molar-refractivity contribution in [1.82, 2.24) is 9.97 Å². The molecular formula is C21H24ClN3O6Si. The maximum atomic E-state index is 12.7. The van der Waals surface area contributed by atoms with E-state index < -0.39 is 14.0 Å². The van der Waals surface area contributed by atoms with E-state index in [0.29, 0.717) is 10.8 Å². The summed E-state index contributed by atoms with van der Waals surface area (Å²) in [7, 11) is 2.64. The van der Waals surface area contributed by atoms with Gasteiger partial charge in [0.05, 0.1) is 34.4 Å². The maximum Gasteiger partial charge on any atom is 0.322 e. The van der Waals surface area contributed by atoms with Gasteiger partial charge in [-0.1, -0.05) is 42.5 Å². The largest absolute Gasteiger partial charge is 0.479 e. The highest BCUT2D eigenvalue weighted by Crippen LogP contribution is 2.34. The van der Waals surface area contributed by atoms with E-state index in [1.54, 1.807) is 6.07 Å². The minimum absolute atomic E-state index is 0.00241. The average molecular weight is 478 g/mol. The van der Waals surface area contributed by atoms with Crippen LogP contribution in [0.3, 0.4) is 0 Å². The molecule has 0 bridgehead atoms. The van der Waals surface area contributed by atoms with Gasteiger partial charge in [-0.15, -0.1) is 0 Å². The van der Waals surface area contributed by atoms with E-state index in [-0.39, 0.29) is 35.2 Å². The molecule has 1 N–H and O–H groups in total. The van der Waals surface area contributed by atoms with Crippen LogP contribution in [0.2, 0.25) is 24.7 Å². The zero-order valence-electron chi connectivity index (χ0n) is 18.6. The normalized spacial score (nSPS) is 11.1. The Labute approximate surface area is 191 Å². The van der Waals surface area contributed by atoms with E-state index in [1.807, 2.05) is 12.1 Å². The molecule has 0 saturated carbocycles. The van der Waals surface area contributed by atoms with Gasteiger partial charge >= 0.3 is 6.01 Å². The van der Waals surface area contributed by atoms with Gasteiger partial charge in [-0.05, 0) is 18.2 Å². The Bertz CT molecular complexity index is 1100. The average Bonchev–Trinajstić information content (AvgIpc) is 3.23. The minimum atomic E-state index is -1.56. The number of furan rings is 1. The predicted molar refractivity (Wildman–Crippen MR) is 123 cm³/mol. The molecule has 2 aromatic heterocycles. The monoisotopic (exact) mass is 477 g/mol. The molecule has 1 amide bonds. The Morgan fingerprint density at radius 2 is 1.66 bits per heavy atom. The number of amides is 1. The van der Waals surface area contributed by atoms with E-state index in [2.05, 4.69) is 34.9 Å². The molecule has 0 spiro atoms. The van der Waals surface area contributed by atoms with Crippen molar-refractivity contribution in [1.29, 1.82) is 0 Å².